The highest BCUT2D eigenvalue weighted by molar-refractivity contribution is 6.33. The van der Waals surface area contributed by atoms with Crippen molar-refractivity contribution >= 4 is 17.3 Å². The highest BCUT2D eigenvalue weighted by Gasteiger charge is 2.75. The highest BCUT2D eigenvalue weighted by atomic mass is 16.3. The molecular weight excluding hydrogens is 500 g/mol. The molecule has 0 spiro atoms. The molecule has 2 aliphatic carbocycles. The van der Waals surface area contributed by atoms with E-state index in [-0.39, 0.29) is 42.5 Å². The van der Waals surface area contributed by atoms with E-state index >= 15 is 4.79 Å². The SMILES string of the molecule is CC(C)=CCCC1(C)[C@H](CC=C(C)C)C[C@@]2(CC=C(C)C)C(=O)[C@]1(C(=O)C(C)C)C(=O)C(C/C=C(\C)CO)=C2O. The number of carbonyl (C=O) groups excluding carboxylic acids is 3. The summed E-state index contributed by atoms with van der Waals surface area (Å²) in [5, 5.41) is 21.5. The molecule has 40 heavy (non-hydrogen) atoms. The third-order valence-electron chi connectivity index (χ3n) is 9.17. The molecule has 222 valence electrons. The summed E-state index contributed by atoms with van der Waals surface area (Å²) < 4.78 is 0. The predicted molar refractivity (Wildman–Crippen MR) is 163 cm³/mol. The van der Waals surface area contributed by atoms with Gasteiger partial charge in [0, 0.05) is 11.5 Å². The molecule has 0 aromatic carbocycles. The van der Waals surface area contributed by atoms with E-state index in [4.69, 9.17) is 0 Å². The Kier molecular flexibility index (Phi) is 10.9. The van der Waals surface area contributed by atoms with Gasteiger partial charge < -0.3 is 10.2 Å². The van der Waals surface area contributed by atoms with E-state index in [0.717, 1.165) is 16.7 Å². The molecule has 0 amide bonds. The normalized spacial score (nSPS) is 28.5. The summed E-state index contributed by atoms with van der Waals surface area (Å²) in [5.41, 5.74) is -0.128. The molecule has 5 heteroatoms. The number of aliphatic hydroxyl groups excluding tert-OH is 2. The fourth-order valence-electron chi connectivity index (χ4n) is 6.75. The Labute approximate surface area is 242 Å². The van der Waals surface area contributed by atoms with Crippen LogP contribution in [0.15, 0.2) is 57.9 Å². The molecule has 0 radical (unpaired) electrons. The highest BCUT2D eigenvalue weighted by Crippen LogP contribution is 2.67. The number of aliphatic hydroxyl groups is 2. The summed E-state index contributed by atoms with van der Waals surface area (Å²) in [6, 6.07) is 0. The summed E-state index contributed by atoms with van der Waals surface area (Å²) in [6.07, 6.45) is 10.4. The van der Waals surface area contributed by atoms with Crippen LogP contribution in [-0.4, -0.2) is 34.2 Å². The first kappa shape index (κ1) is 33.7. The Bertz CT molecular complexity index is 1160. The molecule has 1 fully saturated rings. The van der Waals surface area contributed by atoms with Crippen LogP contribution >= 0.6 is 0 Å². The monoisotopic (exact) mass is 552 g/mol. The number of Topliss-reactive ketones (excluding diaryl/α,β-unsaturated/α-hetero) is 3. The first-order chi connectivity index (χ1) is 18.5. The van der Waals surface area contributed by atoms with E-state index in [1.807, 2.05) is 54.5 Å². The van der Waals surface area contributed by atoms with E-state index in [1.165, 1.54) is 0 Å². The molecule has 2 rings (SSSR count). The smallest absolute Gasteiger partial charge is 0.184 e. The molecule has 1 saturated carbocycles. The fourth-order valence-corrected chi connectivity index (χ4v) is 6.75. The van der Waals surface area contributed by atoms with Crippen LogP contribution in [0.1, 0.15) is 108 Å². The van der Waals surface area contributed by atoms with Gasteiger partial charge in [-0.25, -0.2) is 0 Å². The van der Waals surface area contributed by atoms with Crippen molar-refractivity contribution in [3.8, 4) is 0 Å². The van der Waals surface area contributed by atoms with Crippen LogP contribution in [0, 0.1) is 28.1 Å². The minimum atomic E-state index is -1.90. The fraction of sp³-hybridized carbons (Fsp3) is 0.629. The number of fused-ring (bicyclic) bond motifs is 2. The van der Waals surface area contributed by atoms with Crippen LogP contribution in [0.4, 0.5) is 0 Å². The molecule has 2 aliphatic rings. The molecule has 4 atom stereocenters. The van der Waals surface area contributed by atoms with Crippen molar-refractivity contribution in [3.63, 3.8) is 0 Å². The lowest BCUT2D eigenvalue weighted by molar-refractivity contribution is -0.180. The Balaban J connectivity index is 3.09. The Morgan fingerprint density at radius 2 is 1.52 bits per heavy atom. The average molecular weight is 553 g/mol. The minimum Gasteiger partial charge on any atom is -0.511 e. The molecular formula is C35H52O5. The van der Waals surface area contributed by atoms with Crippen molar-refractivity contribution < 1.29 is 24.6 Å². The number of allylic oxidation sites excluding steroid dienone is 9. The van der Waals surface area contributed by atoms with Gasteiger partial charge in [-0.3, -0.25) is 14.4 Å². The van der Waals surface area contributed by atoms with Crippen LogP contribution < -0.4 is 0 Å². The maximum Gasteiger partial charge on any atom is 0.184 e. The number of rotatable bonds is 12. The standard InChI is InChI=1S/C35H52O5/c1-22(2)12-11-18-33(10)27(15-13-23(3)4)20-34(19-17-24(5)6)30(38)28(16-14-26(9)21-36)31(39)35(33,32(34)40)29(37)25(7)8/h12-14,17,25,27,36,38H,11,15-16,18-21H2,1-10H3/b26-14+/t27-,33?,34-,35+/m1/s1. The molecule has 0 heterocycles. The van der Waals surface area contributed by atoms with E-state index < -0.39 is 33.7 Å². The van der Waals surface area contributed by atoms with Gasteiger partial charge >= 0.3 is 0 Å². The van der Waals surface area contributed by atoms with Gasteiger partial charge in [0.2, 0.25) is 0 Å². The molecule has 0 saturated heterocycles. The van der Waals surface area contributed by atoms with Crippen molar-refractivity contribution in [3.05, 3.63) is 57.9 Å². The number of carbonyl (C=O) groups is 3. The van der Waals surface area contributed by atoms with Crippen molar-refractivity contribution in [1.29, 1.82) is 0 Å². The summed E-state index contributed by atoms with van der Waals surface area (Å²) in [5.74, 6) is -2.25. The maximum absolute atomic E-state index is 15.0. The zero-order valence-electron chi connectivity index (χ0n) is 26.5. The lowest BCUT2D eigenvalue weighted by Crippen LogP contribution is -2.71. The molecule has 2 bridgehead atoms. The van der Waals surface area contributed by atoms with Crippen LogP contribution in [0.25, 0.3) is 0 Å². The van der Waals surface area contributed by atoms with Gasteiger partial charge in [-0.05, 0) is 98.3 Å². The van der Waals surface area contributed by atoms with Crippen molar-refractivity contribution in [2.24, 2.45) is 28.1 Å². The third kappa shape index (κ3) is 5.91. The second-order valence-electron chi connectivity index (χ2n) is 13.4. The maximum atomic E-state index is 15.0. The number of hydrogen-bond donors (Lipinski definition) is 2. The first-order valence-electron chi connectivity index (χ1n) is 14.8. The Morgan fingerprint density at radius 3 is 2.02 bits per heavy atom. The first-order valence-corrected chi connectivity index (χ1v) is 14.8. The van der Waals surface area contributed by atoms with E-state index in [9.17, 15) is 19.8 Å². The van der Waals surface area contributed by atoms with Gasteiger partial charge in [-0.2, -0.15) is 0 Å². The Morgan fingerprint density at radius 1 is 0.950 bits per heavy atom. The zero-order chi connectivity index (χ0) is 30.6. The predicted octanol–water partition coefficient (Wildman–Crippen LogP) is 7.96. The minimum absolute atomic E-state index is 0.0662. The van der Waals surface area contributed by atoms with Gasteiger partial charge in [0.15, 0.2) is 22.8 Å². The van der Waals surface area contributed by atoms with E-state index in [0.29, 0.717) is 31.3 Å². The summed E-state index contributed by atoms with van der Waals surface area (Å²) in [4.78, 5) is 44.3. The third-order valence-corrected chi connectivity index (χ3v) is 9.17. The van der Waals surface area contributed by atoms with Gasteiger partial charge in [0.25, 0.3) is 0 Å². The van der Waals surface area contributed by atoms with Crippen LogP contribution in [0.5, 0.6) is 0 Å². The number of ketones is 3. The van der Waals surface area contributed by atoms with Crippen LogP contribution in [0.3, 0.4) is 0 Å². The second kappa shape index (κ2) is 13.0. The van der Waals surface area contributed by atoms with Crippen molar-refractivity contribution in [1.82, 2.24) is 0 Å². The van der Waals surface area contributed by atoms with Crippen molar-refractivity contribution in [2.45, 2.75) is 108 Å². The molecule has 1 unspecified atom stereocenters. The quantitative estimate of drug-likeness (QED) is 0.189. The molecule has 2 N–H and O–H groups in total. The van der Waals surface area contributed by atoms with Crippen molar-refractivity contribution in [2.75, 3.05) is 6.61 Å². The van der Waals surface area contributed by atoms with Gasteiger partial charge in [-0.1, -0.05) is 67.4 Å². The van der Waals surface area contributed by atoms with Gasteiger partial charge in [0.1, 0.15) is 5.76 Å². The summed E-state index contributed by atoms with van der Waals surface area (Å²) in [7, 11) is 0. The van der Waals surface area contributed by atoms with E-state index in [2.05, 4.69) is 12.2 Å². The largest absolute Gasteiger partial charge is 0.511 e. The molecule has 0 aliphatic heterocycles. The molecule has 0 aromatic rings. The Hall–Kier alpha value is -2.53. The number of hydrogen-bond acceptors (Lipinski definition) is 5. The van der Waals surface area contributed by atoms with Crippen LogP contribution in [-0.2, 0) is 14.4 Å². The zero-order valence-corrected chi connectivity index (χ0v) is 26.5. The summed E-state index contributed by atoms with van der Waals surface area (Å²) in [6.45, 7) is 19.1. The van der Waals surface area contributed by atoms with E-state index in [1.54, 1.807) is 26.8 Å². The van der Waals surface area contributed by atoms with Gasteiger partial charge in [-0.15, -0.1) is 0 Å². The lowest BCUT2D eigenvalue weighted by atomic mass is 9.38. The topological polar surface area (TPSA) is 91.7 Å². The summed E-state index contributed by atoms with van der Waals surface area (Å²) >= 11 is 0. The average Bonchev–Trinajstić information content (AvgIpc) is 2.86. The second-order valence-corrected chi connectivity index (χ2v) is 13.4. The molecule has 5 nitrogen and oxygen atoms in total. The molecule has 0 aromatic heterocycles. The van der Waals surface area contributed by atoms with Crippen LogP contribution in [0.2, 0.25) is 0 Å². The van der Waals surface area contributed by atoms with Gasteiger partial charge in [0.05, 0.1) is 12.0 Å². The lowest BCUT2D eigenvalue weighted by Gasteiger charge is -2.61.